The highest BCUT2D eigenvalue weighted by Crippen LogP contribution is 2.36. The molecule has 2 aromatic rings. The molecule has 1 amide bonds. The first kappa shape index (κ1) is 43.4. The number of rotatable bonds is 23. The smallest absolute Gasteiger partial charge is 0.330 e. The maximum absolute atomic E-state index is 12.4. The third-order valence-electron chi connectivity index (χ3n) is 8.27. The summed E-state index contributed by atoms with van der Waals surface area (Å²) in [7, 11) is 1.38. The summed E-state index contributed by atoms with van der Waals surface area (Å²) >= 11 is 5.95. The Bertz CT molecular complexity index is 1620. The number of hydrogen-bond donors (Lipinski definition) is 4. The lowest BCUT2D eigenvalue weighted by Gasteiger charge is -2.19. The number of carbonyl (C=O) groups excluding carboxylic acids is 3. The van der Waals surface area contributed by atoms with Gasteiger partial charge in [-0.2, -0.15) is 0 Å². The van der Waals surface area contributed by atoms with Gasteiger partial charge in [0.15, 0.2) is 11.5 Å². The highest BCUT2D eigenvalue weighted by atomic mass is 35.5. The number of benzene rings is 2. The number of aliphatic hydroxyl groups is 3. The molecule has 1 aliphatic carbocycles. The van der Waals surface area contributed by atoms with Crippen molar-refractivity contribution >= 4 is 35.5 Å². The van der Waals surface area contributed by atoms with E-state index in [4.69, 9.17) is 30.5 Å². The molecule has 0 heterocycles. The van der Waals surface area contributed by atoms with Gasteiger partial charge in [-0.15, -0.1) is 10.1 Å². The maximum atomic E-state index is 12.4. The van der Waals surface area contributed by atoms with Gasteiger partial charge in [0.05, 0.1) is 32.5 Å². The van der Waals surface area contributed by atoms with Crippen molar-refractivity contribution in [2.75, 3.05) is 33.5 Å². The van der Waals surface area contributed by atoms with Gasteiger partial charge in [-0.25, -0.2) is 9.59 Å². The highest BCUT2D eigenvalue weighted by Gasteiger charge is 2.39. The summed E-state index contributed by atoms with van der Waals surface area (Å²) in [6.45, 7) is -0.359. The van der Waals surface area contributed by atoms with E-state index >= 15 is 0 Å². The molecule has 0 spiro atoms. The number of allylic oxidation sites excluding steroid dienone is 2. The Balaban J connectivity index is 1.33. The first-order chi connectivity index (χ1) is 25.9. The molecular weight excluding hydrogens is 728 g/mol. The van der Waals surface area contributed by atoms with Crippen LogP contribution in [-0.4, -0.2) is 90.0 Å². The van der Waals surface area contributed by atoms with Crippen molar-refractivity contribution in [2.45, 2.75) is 63.3 Å². The van der Waals surface area contributed by atoms with Crippen LogP contribution in [0.15, 0.2) is 72.8 Å². The predicted octanol–water partition coefficient (Wildman–Crippen LogP) is 4.39. The molecule has 54 heavy (non-hydrogen) atoms. The van der Waals surface area contributed by atoms with E-state index in [1.165, 1.54) is 25.3 Å². The zero-order valence-corrected chi connectivity index (χ0v) is 30.7. The number of halogens is 1. The molecule has 0 aliphatic heterocycles. The molecule has 5 atom stereocenters. The van der Waals surface area contributed by atoms with Gasteiger partial charge in [0.25, 0.3) is 5.09 Å². The molecule has 3 rings (SSSR count). The molecule has 16 heteroatoms. The van der Waals surface area contributed by atoms with Crippen molar-refractivity contribution in [3.05, 3.63) is 93.5 Å². The number of aliphatic hydroxyl groups excluding tert-OH is 3. The molecule has 0 aromatic heterocycles. The van der Waals surface area contributed by atoms with Crippen LogP contribution in [0.1, 0.15) is 50.5 Å². The van der Waals surface area contributed by atoms with Crippen LogP contribution in [0.3, 0.4) is 0 Å². The van der Waals surface area contributed by atoms with E-state index in [1.54, 1.807) is 48.6 Å². The largest absolute Gasteiger partial charge is 0.493 e. The zero-order valence-electron chi connectivity index (χ0n) is 29.9. The van der Waals surface area contributed by atoms with Crippen LogP contribution < -0.4 is 19.5 Å². The number of nitrogens with one attached hydrogen (secondary N) is 1. The fraction of sp³-hybridized carbons (Fsp3) is 0.447. The number of carbonyl (C=O) groups is 3. The summed E-state index contributed by atoms with van der Waals surface area (Å²) < 4.78 is 21.2. The number of unbranched alkanes of at least 4 members (excludes halogenated alkanes) is 2. The van der Waals surface area contributed by atoms with Gasteiger partial charge in [0, 0.05) is 29.9 Å². The molecule has 0 bridgehead atoms. The molecule has 0 saturated heterocycles. The Morgan fingerprint density at radius 3 is 2.61 bits per heavy atom. The highest BCUT2D eigenvalue weighted by molar-refractivity contribution is 6.30. The molecular formula is C38H47ClN2O13. The van der Waals surface area contributed by atoms with Crippen molar-refractivity contribution in [3.8, 4) is 17.2 Å². The summed E-state index contributed by atoms with van der Waals surface area (Å²) in [6.07, 6.45) is 10.2. The lowest BCUT2D eigenvalue weighted by atomic mass is 9.89. The molecule has 0 unspecified atom stereocenters. The van der Waals surface area contributed by atoms with Gasteiger partial charge in [-0.05, 0) is 80.0 Å². The van der Waals surface area contributed by atoms with Crippen molar-refractivity contribution in [2.24, 2.45) is 11.8 Å². The standard InChI is InChI=1S/C38H47ClN2O13/c1-50-35-21-26(14-18-37(46)51-19-6-7-20-53-41(48)49)13-17-34(35)54-38(47)24-40-36(45)12-5-3-2-4-11-30-31(33(44)23-32(30)43)16-15-28(42)25-52-29-10-8-9-27(39)22-29/h2,4,8-10,13-18,21-22,28,30-33,42-44H,3,5-7,11-12,19-20,23-25H2,1H3,(H,40,45)/b4-2-,16-15+,18-14+/t28-,30-,31-,32+,33-/m1/s1. The summed E-state index contributed by atoms with van der Waals surface area (Å²) in [5, 5.41) is 43.6. The summed E-state index contributed by atoms with van der Waals surface area (Å²) in [4.78, 5) is 50.9. The third kappa shape index (κ3) is 16.4. The van der Waals surface area contributed by atoms with Gasteiger partial charge < -0.3 is 44.4 Å². The first-order valence-corrected chi connectivity index (χ1v) is 17.9. The van der Waals surface area contributed by atoms with E-state index < -0.39 is 35.3 Å². The van der Waals surface area contributed by atoms with Crippen LogP contribution in [0.2, 0.25) is 5.02 Å². The number of esters is 2. The number of nitrogens with zero attached hydrogens (tertiary/aromatic N) is 1. The van der Waals surface area contributed by atoms with E-state index in [1.807, 2.05) is 12.2 Å². The van der Waals surface area contributed by atoms with E-state index in [0.717, 1.165) is 0 Å². The monoisotopic (exact) mass is 774 g/mol. The fourth-order valence-corrected chi connectivity index (χ4v) is 5.71. The second-order valence-corrected chi connectivity index (χ2v) is 12.8. The number of ether oxygens (including phenoxy) is 4. The Labute approximate surface area is 318 Å². The van der Waals surface area contributed by atoms with Crippen LogP contribution in [0.4, 0.5) is 0 Å². The molecule has 15 nitrogen and oxygen atoms in total. The van der Waals surface area contributed by atoms with Gasteiger partial charge in [0.2, 0.25) is 5.91 Å². The Morgan fingerprint density at radius 2 is 1.85 bits per heavy atom. The summed E-state index contributed by atoms with van der Waals surface area (Å²) in [6, 6.07) is 11.5. The Kier molecular flexibility index (Phi) is 19.0. The molecule has 1 saturated carbocycles. The lowest BCUT2D eigenvalue weighted by Crippen LogP contribution is -2.31. The molecule has 4 N–H and O–H groups in total. The zero-order chi connectivity index (χ0) is 39.3. The Hall–Kier alpha value is -4.96. The normalized spacial score (nSPS) is 18.8. The van der Waals surface area contributed by atoms with Crippen molar-refractivity contribution < 1.29 is 58.6 Å². The molecule has 294 valence electrons. The van der Waals surface area contributed by atoms with E-state index in [2.05, 4.69) is 10.2 Å². The van der Waals surface area contributed by atoms with Gasteiger partial charge in [-0.3, -0.25) is 4.79 Å². The molecule has 1 aliphatic rings. The topological polar surface area (TPSA) is 213 Å². The van der Waals surface area contributed by atoms with E-state index in [0.29, 0.717) is 48.4 Å². The maximum Gasteiger partial charge on any atom is 0.330 e. The van der Waals surface area contributed by atoms with Crippen LogP contribution in [-0.2, 0) is 24.0 Å². The predicted molar refractivity (Wildman–Crippen MR) is 197 cm³/mol. The van der Waals surface area contributed by atoms with Gasteiger partial charge in [0.1, 0.15) is 25.0 Å². The van der Waals surface area contributed by atoms with Crippen molar-refractivity contribution in [3.63, 3.8) is 0 Å². The van der Waals surface area contributed by atoms with Crippen LogP contribution >= 0.6 is 11.6 Å². The van der Waals surface area contributed by atoms with Crippen molar-refractivity contribution in [1.82, 2.24) is 5.32 Å². The average molecular weight is 775 g/mol. The second-order valence-electron chi connectivity index (χ2n) is 12.4. The minimum Gasteiger partial charge on any atom is -0.493 e. The minimum atomic E-state index is -0.917. The van der Waals surface area contributed by atoms with Crippen molar-refractivity contribution in [1.29, 1.82) is 0 Å². The minimum absolute atomic E-state index is 0.00407. The Morgan fingerprint density at radius 1 is 1.06 bits per heavy atom. The van der Waals surface area contributed by atoms with Gasteiger partial charge >= 0.3 is 11.9 Å². The quantitative estimate of drug-likeness (QED) is 0.0235. The third-order valence-corrected chi connectivity index (χ3v) is 8.51. The van der Waals surface area contributed by atoms with Crippen LogP contribution in [0, 0.1) is 22.0 Å². The molecule has 0 radical (unpaired) electrons. The fourth-order valence-electron chi connectivity index (χ4n) is 5.53. The number of amides is 1. The molecule has 1 fully saturated rings. The average Bonchev–Trinajstić information content (AvgIpc) is 3.41. The number of hydrogen-bond acceptors (Lipinski definition) is 13. The van der Waals surface area contributed by atoms with E-state index in [-0.39, 0.29) is 68.4 Å². The van der Waals surface area contributed by atoms with Crippen LogP contribution in [0.25, 0.3) is 6.08 Å². The molecule has 2 aromatic carbocycles. The SMILES string of the molecule is COc1cc(/C=C/C(=O)OCCCCO[N+](=O)[O-])ccc1OC(=O)CNC(=O)CCC/C=C\C[C@@H]1[C@@H](/C=C/[C@@H](O)COc2cccc(Cl)c2)[C@H](O)C[C@@H]1O. The first-order valence-electron chi connectivity index (χ1n) is 17.5. The number of methoxy groups -OCH3 is 1. The van der Waals surface area contributed by atoms with Crippen LogP contribution in [0.5, 0.6) is 17.2 Å². The van der Waals surface area contributed by atoms with E-state index in [9.17, 15) is 39.8 Å². The lowest BCUT2D eigenvalue weighted by molar-refractivity contribution is -0.757. The second kappa shape index (κ2) is 23.7. The summed E-state index contributed by atoms with van der Waals surface area (Å²) in [5.41, 5.74) is 0.561. The summed E-state index contributed by atoms with van der Waals surface area (Å²) in [5.74, 6) is -1.37. The van der Waals surface area contributed by atoms with Gasteiger partial charge in [-0.1, -0.05) is 48.0 Å².